The standard InChI is InChI=1S/C26H25N5O3S/c1-18-7-6-10-21(15-18)31-23(16-27-25(33)19-11-13-22(34-2)14-12-19)29-30-26(31)35-17-24(32)28-20-8-4-3-5-9-20/h3-15H,16-17H2,1-2H3,(H,27,33)(H,28,32). The van der Waals surface area contributed by atoms with Crippen LogP contribution in [0.2, 0.25) is 0 Å². The Morgan fingerprint density at radius 2 is 1.74 bits per heavy atom. The number of amides is 2. The zero-order valence-electron chi connectivity index (χ0n) is 19.4. The highest BCUT2D eigenvalue weighted by Gasteiger charge is 2.17. The quantitative estimate of drug-likeness (QED) is 0.343. The van der Waals surface area contributed by atoms with Gasteiger partial charge in [-0.05, 0) is 61.0 Å². The minimum absolute atomic E-state index is 0.144. The fraction of sp³-hybridized carbons (Fsp3) is 0.154. The molecule has 0 saturated carbocycles. The number of hydrogen-bond donors (Lipinski definition) is 2. The van der Waals surface area contributed by atoms with Gasteiger partial charge in [0.15, 0.2) is 11.0 Å². The smallest absolute Gasteiger partial charge is 0.251 e. The summed E-state index contributed by atoms with van der Waals surface area (Å²) in [6.07, 6.45) is 0. The monoisotopic (exact) mass is 487 g/mol. The van der Waals surface area contributed by atoms with Gasteiger partial charge in [-0.15, -0.1) is 10.2 Å². The lowest BCUT2D eigenvalue weighted by molar-refractivity contribution is -0.113. The average Bonchev–Trinajstić information content (AvgIpc) is 3.29. The molecule has 0 aliphatic carbocycles. The Bertz CT molecular complexity index is 1310. The van der Waals surface area contributed by atoms with Crippen LogP contribution in [-0.2, 0) is 11.3 Å². The molecule has 0 aliphatic rings. The second kappa shape index (κ2) is 11.3. The van der Waals surface area contributed by atoms with Crippen LogP contribution in [0.5, 0.6) is 5.75 Å². The van der Waals surface area contributed by atoms with Crippen molar-refractivity contribution in [1.29, 1.82) is 0 Å². The maximum atomic E-state index is 12.6. The van der Waals surface area contributed by atoms with Gasteiger partial charge in [0, 0.05) is 16.9 Å². The molecular formula is C26H25N5O3S. The van der Waals surface area contributed by atoms with Crippen molar-refractivity contribution in [3.8, 4) is 11.4 Å². The molecule has 4 rings (SSSR count). The van der Waals surface area contributed by atoms with Gasteiger partial charge in [0.25, 0.3) is 5.91 Å². The summed E-state index contributed by atoms with van der Waals surface area (Å²) in [5.74, 6) is 1.02. The van der Waals surface area contributed by atoms with E-state index in [0.29, 0.717) is 22.3 Å². The van der Waals surface area contributed by atoms with Gasteiger partial charge in [-0.2, -0.15) is 0 Å². The molecule has 35 heavy (non-hydrogen) atoms. The van der Waals surface area contributed by atoms with Crippen LogP contribution in [0.3, 0.4) is 0 Å². The number of benzene rings is 3. The average molecular weight is 488 g/mol. The zero-order valence-corrected chi connectivity index (χ0v) is 20.2. The predicted octanol–water partition coefficient (Wildman–Crippen LogP) is 4.25. The molecular weight excluding hydrogens is 462 g/mol. The first-order valence-corrected chi connectivity index (χ1v) is 11.9. The molecule has 3 aromatic carbocycles. The van der Waals surface area contributed by atoms with Gasteiger partial charge in [0.05, 0.1) is 19.4 Å². The van der Waals surface area contributed by atoms with Crippen LogP contribution in [-0.4, -0.2) is 39.4 Å². The number of anilines is 1. The lowest BCUT2D eigenvalue weighted by Crippen LogP contribution is -2.24. The molecule has 0 bridgehead atoms. The lowest BCUT2D eigenvalue weighted by atomic mass is 10.2. The summed E-state index contributed by atoms with van der Waals surface area (Å²) in [6.45, 7) is 2.17. The number of nitrogens with one attached hydrogen (secondary N) is 2. The van der Waals surface area contributed by atoms with Crippen molar-refractivity contribution in [3.63, 3.8) is 0 Å². The Labute approximate surface area is 207 Å². The number of nitrogens with zero attached hydrogens (tertiary/aromatic N) is 3. The number of carbonyl (C=O) groups excluding carboxylic acids is 2. The number of carbonyl (C=O) groups is 2. The van der Waals surface area contributed by atoms with Crippen LogP contribution in [0.4, 0.5) is 5.69 Å². The van der Waals surface area contributed by atoms with Crippen molar-refractivity contribution < 1.29 is 14.3 Å². The van der Waals surface area contributed by atoms with Gasteiger partial charge in [-0.3, -0.25) is 14.2 Å². The molecule has 0 atom stereocenters. The SMILES string of the molecule is COc1ccc(C(=O)NCc2nnc(SCC(=O)Nc3ccccc3)n2-c2cccc(C)c2)cc1. The first kappa shape index (κ1) is 24.0. The molecule has 1 heterocycles. The summed E-state index contributed by atoms with van der Waals surface area (Å²) in [4.78, 5) is 25.1. The largest absolute Gasteiger partial charge is 0.497 e. The molecule has 2 amide bonds. The highest BCUT2D eigenvalue weighted by Crippen LogP contribution is 2.23. The van der Waals surface area contributed by atoms with Crippen molar-refractivity contribution in [3.05, 3.63) is 95.8 Å². The van der Waals surface area contributed by atoms with Crippen molar-refractivity contribution in [2.45, 2.75) is 18.6 Å². The van der Waals surface area contributed by atoms with E-state index in [-0.39, 0.29) is 24.1 Å². The van der Waals surface area contributed by atoms with Gasteiger partial charge in [0.1, 0.15) is 5.75 Å². The summed E-state index contributed by atoms with van der Waals surface area (Å²) in [5, 5.41) is 14.9. The fourth-order valence-corrected chi connectivity index (χ4v) is 4.16. The maximum absolute atomic E-state index is 12.6. The first-order valence-electron chi connectivity index (χ1n) is 10.9. The Morgan fingerprint density at radius 3 is 2.46 bits per heavy atom. The highest BCUT2D eigenvalue weighted by atomic mass is 32.2. The number of para-hydroxylation sites is 1. The van der Waals surface area contributed by atoms with Crippen LogP contribution in [0.15, 0.2) is 84.0 Å². The molecule has 0 fully saturated rings. The van der Waals surface area contributed by atoms with E-state index in [9.17, 15) is 9.59 Å². The second-order valence-corrected chi connectivity index (χ2v) is 8.63. The van der Waals surface area contributed by atoms with Gasteiger partial charge < -0.3 is 15.4 Å². The van der Waals surface area contributed by atoms with Crippen molar-refractivity contribution in [2.75, 3.05) is 18.2 Å². The topological polar surface area (TPSA) is 98.1 Å². The molecule has 1 aromatic heterocycles. The van der Waals surface area contributed by atoms with Gasteiger partial charge in [0.2, 0.25) is 5.91 Å². The van der Waals surface area contributed by atoms with E-state index < -0.39 is 0 Å². The van der Waals surface area contributed by atoms with Crippen LogP contribution in [0, 0.1) is 6.92 Å². The van der Waals surface area contributed by atoms with E-state index >= 15 is 0 Å². The third kappa shape index (κ3) is 6.27. The van der Waals surface area contributed by atoms with Gasteiger partial charge >= 0.3 is 0 Å². The van der Waals surface area contributed by atoms with E-state index in [4.69, 9.17) is 4.74 Å². The Balaban J connectivity index is 1.49. The van der Waals surface area contributed by atoms with Crippen molar-refractivity contribution in [2.24, 2.45) is 0 Å². The normalized spacial score (nSPS) is 10.6. The molecule has 178 valence electrons. The summed E-state index contributed by atoms with van der Waals surface area (Å²) < 4.78 is 7.01. The Morgan fingerprint density at radius 1 is 0.971 bits per heavy atom. The molecule has 0 aliphatic heterocycles. The van der Waals surface area contributed by atoms with Crippen molar-refractivity contribution >= 4 is 29.3 Å². The van der Waals surface area contributed by atoms with E-state index in [1.807, 2.05) is 66.1 Å². The van der Waals surface area contributed by atoms with E-state index in [0.717, 1.165) is 16.9 Å². The van der Waals surface area contributed by atoms with Gasteiger partial charge in [-0.25, -0.2) is 0 Å². The molecule has 0 radical (unpaired) electrons. The first-order chi connectivity index (χ1) is 17.0. The number of thioether (sulfide) groups is 1. The molecule has 8 nitrogen and oxygen atoms in total. The molecule has 9 heteroatoms. The molecule has 2 N–H and O–H groups in total. The van der Waals surface area contributed by atoms with Gasteiger partial charge in [-0.1, -0.05) is 42.1 Å². The van der Waals surface area contributed by atoms with Crippen molar-refractivity contribution in [1.82, 2.24) is 20.1 Å². The van der Waals surface area contributed by atoms with Crippen LogP contribution < -0.4 is 15.4 Å². The number of aromatic nitrogens is 3. The Kier molecular flexibility index (Phi) is 7.79. The minimum atomic E-state index is -0.233. The minimum Gasteiger partial charge on any atom is -0.497 e. The number of rotatable bonds is 9. The third-order valence-electron chi connectivity index (χ3n) is 5.11. The fourth-order valence-electron chi connectivity index (χ4n) is 3.39. The highest BCUT2D eigenvalue weighted by molar-refractivity contribution is 7.99. The van der Waals surface area contributed by atoms with E-state index in [2.05, 4.69) is 20.8 Å². The summed E-state index contributed by atoms with van der Waals surface area (Å²) in [6, 6.07) is 24.1. The van der Waals surface area contributed by atoms with Crippen LogP contribution >= 0.6 is 11.8 Å². The lowest BCUT2D eigenvalue weighted by Gasteiger charge is -2.12. The number of ether oxygens (including phenoxy) is 1. The number of hydrogen-bond acceptors (Lipinski definition) is 6. The molecule has 0 unspecified atom stereocenters. The summed E-state index contributed by atoms with van der Waals surface area (Å²) >= 11 is 1.28. The van der Waals surface area contributed by atoms with E-state index in [1.165, 1.54) is 11.8 Å². The van der Waals surface area contributed by atoms with Crippen LogP contribution in [0.25, 0.3) is 5.69 Å². The Hall–Kier alpha value is -4.11. The molecule has 0 saturated heterocycles. The van der Waals surface area contributed by atoms with E-state index in [1.54, 1.807) is 31.4 Å². The summed E-state index contributed by atoms with van der Waals surface area (Å²) in [7, 11) is 1.58. The second-order valence-electron chi connectivity index (χ2n) is 7.69. The third-order valence-corrected chi connectivity index (χ3v) is 6.04. The predicted molar refractivity (Wildman–Crippen MR) is 136 cm³/mol. The zero-order chi connectivity index (χ0) is 24.6. The van der Waals surface area contributed by atoms with Crippen LogP contribution in [0.1, 0.15) is 21.7 Å². The maximum Gasteiger partial charge on any atom is 0.251 e. The molecule has 0 spiro atoms. The molecule has 4 aromatic rings. The summed E-state index contributed by atoms with van der Waals surface area (Å²) in [5.41, 5.74) is 3.18. The number of aryl methyl sites for hydroxylation is 1. The number of methoxy groups -OCH3 is 1.